The summed E-state index contributed by atoms with van der Waals surface area (Å²) in [5.74, 6) is 0. The van der Waals surface area contributed by atoms with Crippen LogP contribution in [0.2, 0.25) is 0 Å². The molecule has 0 saturated heterocycles. The largest absolute Gasteiger partial charge is 0.327 e. The van der Waals surface area contributed by atoms with Crippen molar-refractivity contribution in [3.05, 3.63) is 24.3 Å². The molecule has 0 unspecified atom stereocenters. The monoisotopic (exact) mass is 167 g/mol. The molecule has 2 N–H and O–H groups in total. The third kappa shape index (κ3) is 9.44. The van der Waals surface area contributed by atoms with E-state index in [1.54, 1.807) is 0 Å². The molecule has 0 atom stereocenters. The SMILES string of the molecule is CCCCCC/C=C/C=C/CN. The molecule has 0 aliphatic carbocycles. The van der Waals surface area contributed by atoms with Gasteiger partial charge in [0.25, 0.3) is 0 Å². The molecule has 0 aromatic carbocycles. The van der Waals surface area contributed by atoms with Crippen LogP contribution in [0.25, 0.3) is 0 Å². The molecule has 0 aromatic rings. The molecule has 0 rings (SSSR count). The zero-order valence-electron chi connectivity index (χ0n) is 8.13. The van der Waals surface area contributed by atoms with Crippen LogP contribution in [0, 0.1) is 0 Å². The summed E-state index contributed by atoms with van der Waals surface area (Å²) in [4.78, 5) is 0. The number of hydrogen-bond donors (Lipinski definition) is 1. The maximum atomic E-state index is 5.29. The molecule has 0 aliphatic heterocycles. The Hall–Kier alpha value is -0.560. The van der Waals surface area contributed by atoms with Crippen molar-refractivity contribution in [1.82, 2.24) is 0 Å². The highest BCUT2D eigenvalue weighted by atomic mass is 14.5. The second-order valence-electron chi connectivity index (χ2n) is 2.94. The van der Waals surface area contributed by atoms with Crippen molar-refractivity contribution >= 4 is 0 Å². The van der Waals surface area contributed by atoms with E-state index < -0.39 is 0 Å². The van der Waals surface area contributed by atoms with Crippen molar-refractivity contribution in [3.8, 4) is 0 Å². The topological polar surface area (TPSA) is 26.0 Å². The highest BCUT2D eigenvalue weighted by Crippen LogP contribution is 2.02. The van der Waals surface area contributed by atoms with E-state index in [1.807, 2.05) is 12.2 Å². The van der Waals surface area contributed by atoms with Crippen molar-refractivity contribution in [2.75, 3.05) is 6.54 Å². The zero-order chi connectivity index (χ0) is 9.07. The molecule has 0 heterocycles. The molecular formula is C11H21N. The number of hydrogen-bond acceptors (Lipinski definition) is 1. The van der Waals surface area contributed by atoms with Gasteiger partial charge in [0, 0.05) is 6.54 Å². The van der Waals surface area contributed by atoms with Gasteiger partial charge in [-0.2, -0.15) is 0 Å². The van der Waals surface area contributed by atoms with Crippen LogP contribution in [0.5, 0.6) is 0 Å². The Bertz CT molecular complexity index is 125. The van der Waals surface area contributed by atoms with Crippen LogP contribution < -0.4 is 5.73 Å². The molecule has 0 amide bonds. The Kier molecular flexibility index (Phi) is 9.95. The molecule has 1 heteroatoms. The lowest BCUT2D eigenvalue weighted by Crippen LogP contribution is -1.91. The fourth-order valence-electron chi connectivity index (χ4n) is 1.02. The maximum absolute atomic E-state index is 5.29. The van der Waals surface area contributed by atoms with Gasteiger partial charge in [0.15, 0.2) is 0 Å². The van der Waals surface area contributed by atoms with Gasteiger partial charge in [-0.05, 0) is 12.8 Å². The van der Waals surface area contributed by atoms with Crippen LogP contribution in [0.4, 0.5) is 0 Å². The van der Waals surface area contributed by atoms with Crippen LogP contribution in [0.15, 0.2) is 24.3 Å². The summed E-state index contributed by atoms with van der Waals surface area (Å²) >= 11 is 0. The van der Waals surface area contributed by atoms with E-state index in [0.717, 1.165) is 0 Å². The van der Waals surface area contributed by atoms with Crippen molar-refractivity contribution in [2.24, 2.45) is 5.73 Å². The fraction of sp³-hybridized carbons (Fsp3) is 0.636. The van der Waals surface area contributed by atoms with E-state index in [4.69, 9.17) is 5.73 Å². The third-order valence-corrected chi connectivity index (χ3v) is 1.74. The first-order valence-corrected chi connectivity index (χ1v) is 4.93. The predicted molar refractivity (Wildman–Crippen MR) is 56.1 cm³/mol. The van der Waals surface area contributed by atoms with Gasteiger partial charge in [-0.1, -0.05) is 50.5 Å². The second kappa shape index (κ2) is 10.4. The highest BCUT2D eigenvalue weighted by Gasteiger charge is 1.82. The first-order valence-electron chi connectivity index (χ1n) is 4.93. The molecule has 0 fully saturated rings. The van der Waals surface area contributed by atoms with Crippen molar-refractivity contribution in [3.63, 3.8) is 0 Å². The highest BCUT2D eigenvalue weighted by molar-refractivity contribution is 5.02. The quantitative estimate of drug-likeness (QED) is 0.458. The van der Waals surface area contributed by atoms with E-state index >= 15 is 0 Å². The Labute approximate surface area is 76.3 Å². The Balaban J connectivity index is 3.07. The number of rotatable bonds is 7. The van der Waals surface area contributed by atoms with Crippen LogP contribution >= 0.6 is 0 Å². The molecule has 0 aromatic heterocycles. The normalized spacial score (nSPS) is 11.8. The Morgan fingerprint density at radius 3 is 2.42 bits per heavy atom. The first kappa shape index (κ1) is 11.4. The van der Waals surface area contributed by atoms with E-state index in [2.05, 4.69) is 19.1 Å². The second-order valence-corrected chi connectivity index (χ2v) is 2.94. The van der Waals surface area contributed by atoms with Gasteiger partial charge in [-0.3, -0.25) is 0 Å². The maximum Gasteiger partial charge on any atom is 0.0109 e. The lowest BCUT2D eigenvalue weighted by Gasteiger charge is -1.92. The van der Waals surface area contributed by atoms with Gasteiger partial charge in [0.2, 0.25) is 0 Å². The predicted octanol–water partition coefficient (Wildman–Crippen LogP) is 3.03. The summed E-state index contributed by atoms with van der Waals surface area (Å²) in [6.07, 6.45) is 14.8. The summed E-state index contributed by atoms with van der Waals surface area (Å²) in [5.41, 5.74) is 5.29. The number of nitrogens with two attached hydrogens (primary N) is 1. The summed E-state index contributed by atoms with van der Waals surface area (Å²) in [6.45, 7) is 2.88. The summed E-state index contributed by atoms with van der Waals surface area (Å²) in [7, 11) is 0. The van der Waals surface area contributed by atoms with Crippen LogP contribution in [0.3, 0.4) is 0 Å². The van der Waals surface area contributed by atoms with Crippen molar-refractivity contribution < 1.29 is 0 Å². The molecule has 1 nitrogen and oxygen atoms in total. The van der Waals surface area contributed by atoms with Crippen LogP contribution in [0.1, 0.15) is 39.0 Å². The molecular weight excluding hydrogens is 146 g/mol. The fourth-order valence-corrected chi connectivity index (χ4v) is 1.02. The van der Waals surface area contributed by atoms with Gasteiger partial charge in [-0.15, -0.1) is 0 Å². The van der Waals surface area contributed by atoms with Gasteiger partial charge < -0.3 is 5.73 Å². The van der Waals surface area contributed by atoms with Gasteiger partial charge in [0.1, 0.15) is 0 Å². The smallest absolute Gasteiger partial charge is 0.0109 e. The minimum absolute atomic E-state index is 0.639. The molecule has 0 radical (unpaired) electrons. The average Bonchev–Trinajstić information content (AvgIpc) is 2.10. The molecule has 0 spiro atoms. The van der Waals surface area contributed by atoms with Crippen LogP contribution in [-0.4, -0.2) is 6.54 Å². The van der Waals surface area contributed by atoms with Crippen molar-refractivity contribution in [2.45, 2.75) is 39.0 Å². The van der Waals surface area contributed by atoms with Gasteiger partial charge in [0.05, 0.1) is 0 Å². The lowest BCUT2D eigenvalue weighted by molar-refractivity contribution is 0.674. The minimum Gasteiger partial charge on any atom is -0.327 e. The van der Waals surface area contributed by atoms with Gasteiger partial charge in [-0.25, -0.2) is 0 Å². The number of unbranched alkanes of at least 4 members (excludes halogenated alkanes) is 4. The molecule has 12 heavy (non-hydrogen) atoms. The third-order valence-electron chi connectivity index (χ3n) is 1.74. The number of allylic oxidation sites excluding steroid dienone is 3. The van der Waals surface area contributed by atoms with Crippen molar-refractivity contribution in [1.29, 1.82) is 0 Å². The van der Waals surface area contributed by atoms with Gasteiger partial charge >= 0.3 is 0 Å². The molecule has 0 bridgehead atoms. The summed E-state index contributed by atoms with van der Waals surface area (Å²) in [6, 6.07) is 0. The summed E-state index contributed by atoms with van der Waals surface area (Å²) in [5, 5.41) is 0. The average molecular weight is 167 g/mol. The zero-order valence-corrected chi connectivity index (χ0v) is 8.13. The van der Waals surface area contributed by atoms with E-state index in [0.29, 0.717) is 6.54 Å². The van der Waals surface area contributed by atoms with E-state index in [9.17, 15) is 0 Å². The van der Waals surface area contributed by atoms with E-state index in [1.165, 1.54) is 32.1 Å². The van der Waals surface area contributed by atoms with E-state index in [-0.39, 0.29) is 0 Å². The summed E-state index contributed by atoms with van der Waals surface area (Å²) < 4.78 is 0. The molecule has 70 valence electrons. The molecule has 0 aliphatic rings. The Morgan fingerprint density at radius 2 is 1.75 bits per heavy atom. The lowest BCUT2D eigenvalue weighted by atomic mass is 10.1. The van der Waals surface area contributed by atoms with Crippen LogP contribution in [-0.2, 0) is 0 Å². The Morgan fingerprint density at radius 1 is 1.00 bits per heavy atom. The first-order chi connectivity index (χ1) is 5.91. The molecule has 0 saturated carbocycles. The minimum atomic E-state index is 0.639. The standard InChI is InChI=1S/C11H21N/c1-2-3-4-5-6-7-8-9-10-11-12/h7-10H,2-6,11-12H2,1H3/b8-7+,10-9+.